The van der Waals surface area contributed by atoms with Crippen LogP contribution in [0.3, 0.4) is 0 Å². The lowest BCUT2D eigenvalue weighted by Gasteiger charge is -2.24. The van der Waals surface area contributed by atoms with E-state index in [1.54, 1.807) is 18.2 Å². The van der Waals surface area contributed by atoms with E-state index in [1.807, 2.05) is 25.2 Å². The minimum atomic E-state index is -3.09. The smallest absolute Gasteiger partial charge is 0.112 e. The van der Waals surface area contributed by atoms with Gasteiger partial charge in [-0.05, 0) is 72.0 Å². The number of benzene rings is 7. The van der Waals surface area contributed by atoms with Gasteiger partial charge in [-0.3, -0.25) is 0 Å². The number of fused-ring (bicyclic) bond motifs is 6. The van der Waals surface area contributed by atoms with Gasteiger partial charge in [-0.2, -0.15) is 0 Å². The molecule has 0 spiro atoms. The Hall–Kier alpha value is -5.64. The van der Waals surface area contributed by atoms with Crippen LogP contribution < -0.4 is 10.4 Å². The van der Waals surface area contributed by atoms with Gasteiger partial charge in [0.05, 0.1) is 49.5 Å². The fraction of sp³-hybridized carbons (Fsp3) is 0.0667. The highest BCUT2D eigenvalue weighted by atomic mass is 28.3. The fourth-order valence-corrected chi connectivity index (χ4v) is 8.27. The minimum Gasteiger partial charge on any atom is -0.309 e. The van der Waals surface area contributed by atoms with Crippen molar-refractivity contribution in [2.24, 2.45) is 0 Å². The molecule has 230 valence electrons. The Labute approximate surface area is 310 Å². The van der Waals surface area contributed by atoms with Gasteiger partial charge in [0.1, 0.15) is 8.07 Å². The third-order valence-corrected chi connectivity index (χ3v) is 11.9. The average Bonchev–Trinajstić information content (AvgIpc) is 3.86. The zero-order valence-corrected chi connectivity index (χ0v) is 26.9. The van der Waals surface area contributed by atoms with E-state index in [2.05, 4.69) is 0 Å². The number of aromatic nitrogens is 2. The Morgan fingerprint density at radius 1 is 0.479 bits per heavy atom. The summed E-state index contributed by atoms with van der Waals surface area (Å²) in [4.78, 5) is 0. The van der Waals surface area contributed by atoms with E-state index in [9.17, 15) is 11.0 Å². The van der Waals surface area contributed by atoms with Gasteiger partial charge in [0.15, 0.2) is 0 Å². The molecule has 0 saturated heterocycles. The lowest BCUT2D eigenvalue weighted by atomic mass is 10.0. The third kappa shape index (κ3) is 4.46. The Morgan fingerprint density at radius 3 is 1.85 bits per heavy atom. The second-order valence-corrected chi connectivity index (χ2v) is 16.3. The molecule has 48 heavy (non-hydrogen) atoms. The quantitative estimate of drug-likeness (QED) is 0.164. The average molecular weight is 653 g/mol. The van der Waals surface area contributed by atoms with E-state index in [0.717, 1.165) is 26.5 Å². The molecule has 7 aromatic carbocycles. The first kappa shape index (κ1) is 14.6. The summed E-state index contributed by atoms with van der Waals surface area (Å²) in [6.45, 7) is 5.16. The van der Waals surface area contributed by atoms with Crippen LogP contribution in [0, 0.1) is 6.92 Å². The van der Waals surface area contributed by atoms with Crippen molar-refractivity contribution < 1.29 is 27.4 Å². The molecule has 0 amide bonds. The molecule has 0 bridgehead atoms. The van der Waals surface area contributed by atoms with E-state index < -0.39 is 110 Å². The van der Waals surface area contributed by atoms with E-state index in [1.165, 1.54) is 6.92 Å². The summed E-state index contributed by atoms with van der Waals surface area (Å²) in [5.41, 5.74) is -2.55. The van der Waals surface area contributed by atoms with Crippen molar-refractivity contribution in [1.29, 1.82) is 0 Å². The molecular weight excluding hydrogens is 597 g/mol. The number of nitrogens with zero attached hydrogens (tertiary/aromatic N) is 2. The molecule has 2 heterocycles. The van der Waals surface area contributed by atoms with Gasteiger partial charge >= 0.3 is 0 Å². The number of rotatable bonds is 5. The first-order valence-corrected chi connectivity index (χ1v) is 18.2. The minimum absolute atomic E-state index is 0.00371. The zero-order valence-electron chi connectivity index (χ0n) is 45.9. The van der Waals surface area contributed by atoms with Gasteiger partial charge in [-0.15, -0.1) is 0 Å². The molecule has 0 unspecified atom stereocenters. The maximum absolute atomic E-state index is 9.88. The number of para-hydroxylation sites is 2. The molecule has 3 heteroatoms. The molecule has 9 aromatic rings. The molecule has 0 fully saturated rings. The van der Waals surface area contributed by atoms with Crippen molar-refractivity contribution in [1.82, 2.24) is 9.13 Å². The molecular formula is C45H36N2Si. The molecule has 0 N–H and O–H groups in total. The van der Waals surface area contributed by atoms with Crippen molar-refractivity contribution in [2.75, 3.05) is 0 Å². The largest absolute Gasteiger partial charge is 0.309 e. The maximum Gasteiger partial charge on any atom is 0.112 e. The molecule has 0 atom stereocenters. The normalized spacial score (nSPS) is 17.9. The van der Waals surface area contributed by atoms with Gasteiger partial charge < -0.3 is 9.13 Å². The Morgan fingerprint density at radius 2 is 1.10 bits per heavy atom. The number of hydrogen-bond acceptors (Lipinski definition) is 0. The summed E-state index contributed by atoms with van der Waals surface area (Å²) in [7, 11) is -3.09. The summed E-state index contributed by atoms with van der Waals surface area (Å²) in [6.07, 6.45) is 0. The topological polar surface area (TPSA) is 9.86 Å². The van der Waals surface area contributed by atoms with Crippen LogP contribution in [0.15, 0.2) is 163 Å². The molecule has 0 radical (unpaired) electrons. The van der Waals surface area contributed by atoms with Gasteiger partial charge in [0.25, 0.3) is 0 Å². The van der Waals surface area contributed by atoms with Crippen LogP contribution in [-0.4, -0.2) is 17.2 Å². The lowest BCUT2D eigenvalue weighted by Crippen LogP contribution is -2.52. The summed E-state index contributed by atoms with van der Waals surface area (Å²) in [5.74, 6) is 0. The molecule has 9 rings (SSSR count). The predicted octanol–water partition coefficient (Wildman–Crippen LogP) is 10.7. The Bertz CT molecular complexity index is 3710. The highest BCUT2D eigenvalue weighted by molar-refractivity contribution is 7.00. The zero-order chi connectivity index (χ0) is 49.8. The van der Waals surface area contributed by atoms with Crippen molar-refractivity contribution in [2.45, 2.75) is 20.0 Å². The van der Waals surface area contributed by atoms with Crippen LogP contribution in [0.25, 0.3) is 66.1 Å². The van der Waals surface area contributed by atoms with Gasteiger partial charge in [-0.1, -0.05) is 138 Å². The fourth-order valence-electron chi connectivity index (χ4n) is 6.15. The van der Waals surface area contributed by atoms with Gasteiger partial charge in [-0.25, -0.2) is 0 Å². The van der Waals surface area contributed by atoms with Crippen LogP contribution in [0.2, 0.25) is 13.1 Å². The SMILES string of the molecule is [2H]c1cc(-c2cc(-n3c4c([2H])c([2H])c([2H])c([2H])c4c4c([2H])c([2H])c(C)c([2H])c43)c([2H])c([2H])c2[2H])c([2H])c(-n2c3c([2H])c([2H])c([2H])c([2H])c3c3c([2H])c([2H])c([Si](C)(C)c4ccccc4)c([2H])c32)c1[2H]. The van der Waals surface area contributed by atoms with Gasteiger partial charge in [0.2, 0.25) is 0 Å². The molecule has 0 aliphatic rings. The molecule has 2 aromatic heterocycles. The predicted molar refractivity (Wildman–Crippen MR) is 208 cm³/mol. The molecule has 0 aliphatic carbocycles. The highest BCUT2D eigenvalue weighted by Gasteiger charge is 2.27. The molecule has 0 saturated carbocycles. The second kappa shape index (κ2) is 11.0. The van der Waals surface area contributed by atoms with E-state index in [0.29, 0.717) is 0 Å². The summed E-state index contributed by atoms with van der Waals surface area (Å²) in [5, 5.41) is 0.0218. The Kier molecular flexibility index (Phi) is 3.34. The third-order valence-electron chi connectivity index (χ3n) is 8.64. The first-order valence-electron chi connectivity index (χ1n) is 25.2. The lowest BCUT2D eigenvalue weighted by molar-refractivity contribution is 1.17. The van der Waals surface area contributed by atoms with Crippen molar-refractivity contribution >= 4 is 62.1 Å². The Balaban J connectivity index is 1.46. The van der Waals surface area contributed by atoms with Crippen LogP contribution in [0.5, 0.6) is 0 Å². The highest BCUT2D eigenvalue weighted by Crippen LogP contribution is 2.36. The monoisotopic (exact) mass is 652 g/mol. The summed E-state index contributed by atoms with van der Waals surface area (Å²) < 4.78 is 184. The first-order chi connectivity index (χ1) is 31.8. The standard InChI is InChI=1S/C45H36N2Si/c1-31-23-25-40-38-19-7-9-21-42(38)46(44(40)27-31)34-15-11-13-32(28-34)33-14-12-16-35(29-33)47-43-22-10-8-20-39(43)41-26-24-37(30-45(41)47)48(2,3)36-17-5-4-6-18-36/h4-30H,1-3H3/i7D,8D,9D,10D,11D,12D,13D,15D,16D,19D,20D,21D,22D,23D,24D,25D,26D,27D,29D,30D. The maximum atomic E-state index is 9.88. The molecule has 2 nitrogen and oxygen atoms in total. The van der Waals surface area contributed by atoms with Gasteiger partial charge in [0, 0.05) is 32.9 Å². The van der Waals surface area contributed by atoms with E-state index in [-0.39, 0.29) is 95.3 Å². The van der Waals surface area contributed by atoms with Crippen LogP contribution in [0.1, 0.15) is 33.0 Å². The van der Waals surface area contributed by atoms with Crippen LogP contribution in [0.4, 0.5) is 0 Å². The second-order valence-electron chi connectivity index (χ2n) is 11.9. The van der Waals surface area contributed by atoms with E-state index in [4.69, 9.17) is 16.4 Å². The van der Waals surface area contributed by atoms with Crippen LogP contribution >= 0.6 is 0 Å². The molecule has 0 aliphatic heterocycles. The number of hydrogen-bond donors (Lipinski definition) is 0. The van der Waals surface area contributed by atoms with Crippen molar-refractivity contribution in [3.63, 3.8) is 0 Å². The van der Waals surface area contributed by atoms with Crippen molar-refractivity contribution in [3.05, 3.63) is 169 Å². The summed E-state index contributed by atoms with van der Waals surface area (Å²) in [6, 6.07) is -0.360. The van der Waals surface area contributed by atoms with Crippen molar-refractivity contribution in [3.8, 4) is 22.5 Å². The van der Waals surface area contributed by atoms with Crippen LogP contribution in [-0.2, 0) is 0 Å². The summed E-state index contributed by atoms with van der Waals surface area (Å²) >= 11 is 0. The van der Waals surface area contributed by atoms with E-state index >= 15 is 0 Å².